The number of nitrogens with one attached hydrogen (secondary N) is 1. The first-order chi connectivity index (χ1) is 7.84. The van der Waals surface area contributed by atoms with Crippen LogP contribution in [0.15, 0.2) is 5.38 Å². The number of nitrogens with two attached hydrogens (primary N) is 1. The van der Waals surface area contributed by atoms with Gasteiger partial charge in [-0.1, -0.05) is 0 Å². The van der Waals surface area contributed by atoms with Crippen molar-refractivity contribution in [2.75, 3.05) is 0 Å². The summed E-state index contributed by atoms with van der Waals surface area (Å²) in [6, 6.07) is 0. The number of carbonyl (C=O) groups is 2. The van der Waals surface area contributed by atoms with Crippen molar-refractivity contribution < 1.29 is 14.7 Å². The SMILES string of the molecule is CC(C)(CC(=O)O)NC(=O)c1csc(CN)n1. The van der Waals surface area contributed by atoms with Crippen molar-refractivity contribution in [1.29, 1.82) is 0 Å². The van der Waals surface area contributed by atoms with Crippen LogP contribution in [0.2, 0.25) is 0 Å². The van der Waals surface area contributed by atoms with E-state index in [-0.39, 0.29) is 24.6 Å². The van der Waals surface area contributed by atoms with Crippen LogP contribution in [-0.4, -0.2) is 27.5 Å². The van der Waals surface area contributed by atoms with Crippen molar-refractivity contribution in [3.8, 4) is 0 Å². The van der Waals surface area contributed by atoms with E-state index in [0.717, 1.165) is 0 Å². The minimum atomic E-state index is -0.962. The monoisotopic (exact) mass is 257 g/mol. The fourth-order valence-electron chi connectivity index (χ4n) is 1.30. The van der Waals surface area contributed by atoms with Gasteiger partial charge in [-0.3, -0.25) is 9.59 Å². The van der Waals surface area contributed by atoms with Gasteiger partial charge in [0, 0.05) is 17.5 Å². The molecule has 0 bridgehead atoms. The maximum atomic E-state index is 11.8. The third kappa shape index (κ3) is 4.12. The fourth-order valence-corrected chi connectivity index (χ4v) is 1.96. The number of amides is 1. The van der Waals surface area contributed by atoms with Gasteiger partial charge in [0.25, 0.3) is 5.91 Å². The molecule has 1 aromatic heterocycles. The van der Waals surface area contributed by atoms with Crippen LogP contribution in [0.5, 0.6) is 0 Å². The summed E-state index contributed by atoms with van der Waals surface area (Å²) in [4.78, 5) is 26.4. The van der Waals surface area contributed by atoms with Crippen molar-refractivity contribution in [1.82, 2.24) is 10.3 Å². The van der Waals surface area contributed by atoms with E-state index in [0.29, 0.717) is 5.01 Å². The first kappa shape index (κ1) is 13.6. The Morgan fingerprint density at radius 3 is 2.71 bits per heavy atom. The second kappa shape index (κ2) is 5.24. The molecule has 0 saturated carbocycles. The summed E-state index contributed by atoms with van der Waals surface area (Å²) in [5.41, 5.74) is 4.86. The van der Waals surface area contributed by atoms with Gasteiger partial charge in [0.15, 0.2) is 0 Å². The molecule has 17 heavy (non-hydrogen) atoms. The Bertz CT molecular complexity index is 428. The Labute approximate surface area is 103 Å². The van der Waals surface area contributed by atoms with E-state index in [4.69, 9.17) is 10.8 Å². The second-order valence-corrected chi connectivity index (χ2v) is 5.18. The maximum absolute atomic E-state index is 11.8. The molecule has 1 aromatic rings. The summed E-state index contributed by atoms with van der Waals surface area (Å²) >= 11 is 1.30. The molecule has 0 unspecified atom stereocenters. The number of carbonyl (C=O) groups excluding carboxylic acids is 1. The van der Waals surface area contributed by atoms with E-state index in [1.54, 1.807) is 19.2 Å². The zero-order valence-corrected chi connectivity index (χ0v) is 10.5. The van der Waals surface area contributed by atoms with E-state index < -0.39 is 11.5 Å². The standard InChI is InChI=1S/C10H15N3O3S/c1-10(2,3-8(14)15)13-9(16)6-5-17-7(4-11)12-6/h5H,3-4,11H2,1-2H3,(H,13,16)(H,14,15). The van der Waals surface area contributed by atoms with Gasteiger partial charge in [-0.05, 0) is 13.8 Å². The van der Waals surface area contributed by atoms with Gasteiger partial charge in [0.2, 0.25) is 0 Å². The molecule has 1 rings (SSSR count). The summed E-state index contributed by atoms with van der Waals surface area (Å²) in [7, 11) is 0. The molecule has 0 aliphatic rings. The molecule has 0 aromatic carbocycles. The predicted octanol–water partition coefficient (Wildman–Crippen LogP) is 0.585. The van der Waals surface area contributed by atoms with Gasteiger partial charge < -0.3 is 16.2 Å². The fraction of sp³-hybridized carbons (Fsp3) is 0.500. The van der Waals surface area contributed by atoms with Crippen LogP contribution in [0.25, 0.3) is 0 Å². The Morgan fingerprint density at radius 2 is 2.24 bits per heavy atom. The molecule has 0 radical (unpaired) electrons. The molecule has 0 spiro atoms. The lowest BCUT2D eigenvalue weighted by Gasteiger charge is -2.23. The Kier molecular flexibility index (Phi) is 4.19. The highest BCUT2D eigenvalue weighted by molar-refractivity contribution is 7.09. The highest BCUT2D eigenvalue weighted by Crippen LogP contribution is 2.12. The van der Waals surface area contributed by atoms with Crippen molar-refractivity contribution in [3.63, 3.8) is 0 Å². The van der Waals surface area contributed by atoms with Crippen molar-refractivity contribution in [2.45, 2.75) is 32.4 Å². The van der Waals surface area contributed by atoms with Crippen LogP contribution in [0.1, 0.15) is 35.8 Å². The van der Waals surface area contributed by atoms with Gasteiger partial charge in [0.05, 0.1) is 6.42 Å². The normalized spacial score (nSPS) is 11.2. The van der Waals surface area contributed by atoms with Gasteiger partial charge >= 0.3 is 5.97 Å². The molecule has 0 aliphatic heterocycles. The molecular formula is C10H15N3O3S. The highest BCUT2D eigenvalue weighted by atomic mass is 32.1. The molecular weight excluding hydrogens is 242 g/mol. The number of aromatic nitrogens is 1. The summed E-state index contributed by atoms with van der Waals surface area (Å²) in [5, 5.41) is 13.6. The van der Waals surface area contributed by atoms with Crippen molar-refractivity contribution in [3.05, 3.63) is 16.1 Å². The van der Waals surface area contributed by atoms with E-state index in [2.05, 4.69) is 10.3 Å². The Hall–Kier alpha value is -1.47. The first-order valence-electron chi connectivity index (χ1n) is 5.03. The summed E-state index contributed by atoms with van der Waals surface area (Å²) in [5.74, 6) is -1.34. The van der Waals surface area contributed by atoms with Crippen LogP contribution in [0.4, 0.5) is 0 Å². The summed E-state index contributed by atoms with van der Waals surface area (Å²) in [6.07, 6.45) is -0.146. The zero-order valence-electron chi connectivity index (χ0n) is 9.69. The largest absolute Gasteiger partial charge is 0.481 e. The number of carboxylic acid groups (broad SMARTS) is 1. The van der Waals surface area contributed by atoms with Crippen molar-refractivity contribution >= 4 is 23.2 Å². The molecule has 1 amide bonds. The molecule has 0 saturated heterocycles. The average Bonchev–Trinajstić information content (AvgIpc) is 2.62. The van der Waals surface area contributed by atoms with E-state index in [9.17, 15) is 9.59 Å². The lowest BCUT2D eigenvalue weighted by Crippen LogP contribution is -2.45. The molecule has 6 nitrogen and oxygen atoms in total. The average molecular weight is 257 g/mol. The Morgan fingerprint density at radius 1 is 1.59 bits per heavy atom. The molecule has 94 valence electrons. The quantitative estimate of drug-likeness (QED) is 0.715. The maximum Gasteiger partial charge on any atom is 0.305 e. The summed E-state index contributed by atoms with van der Waals surface area (Å²) < 4.78 is 0. The number of thiazole rings is 1. The van der Waals surface area contributed by atoms with Crippen LogP contribution >= 0.6 is 11.3 Å². The second-order valence-electron chi connectivity index (χ2n) is 4.24. The third-order valence-corrected chi connectivity index (χ3v) is 2.88. The smallest absolute Gasteiger partial charge is 0.305 e. The molecule has 0 aliphatic carbocycles. The lowest BCUT2D eigenvalue weighted by molar-refractivity contribution is -0.138. The van der Waals surface area contributed by atoms with Crippen molar-refractivity contribution in [2.24, 2.45) is 5.73 Å². The summed E-state index contributed by atoms with van der Waals surface area (Å²) in [6.45, 7) is 3.58. The number of hydrogen-bond acceptors (Lipinski definition) is 5. The van der Waals surface area contributed by atoms with Crippen LogP contribution in [0, 0.1) is 0 Å². The number of aliphatic carboxylic acids is 1. The Balaban J connectivity index is 2.68. The third-order valence-electron chi connectivity index (χ3n) is 2.00. The molecule has 4 N–H and O–H groups in total. The zero-order chi connectivity index (χ0) is 13.1. The number of rotatable bonds is 5. The minimum Gasteiger partial charge on any atom is -0.481 e. The van der Waals surface area contributed by atoms with Crippen LogP contribution in [0.3, 0.4) is 0 Å². The van der Waals surface area contributed by atoms with Crippen LogP contribution < -0.4 is 11.1 Å². The lowest BCUT2D eigenvalue weighted by atomic mass is 10.0. The van der Waals surface area contributed by atoms with Gasteiger partial charge in [-0.15, -0.1) is 11.3 Å². The highest BCUT2D eigenvalue weighted by Gasteiger charge is 2.25. The molecule has 7 heteroatoms. The number of hydrogen-bond donors (Lipinski definition) is 3. The van der Waals surface area contributed by atoms with Gasteiger partial charge in [-0.25, -0.2) is 4.98 Å². The molecule has 0 fully saturated rings. The number of nitrogens with zero attached hydrogens (tertiary/aromatic N) is 1. The van der Waals surface area contributed by atoms with E-state index >= 15 is 0 Å². The van der Waals surface area contributed by atoms with E-state index in [1.807, 2.05) is 0 Å². The van der Waals surface area contributed by atoms with Crippen LogP contribution in [-0.2, 0) is 11.3 Å². The number of carboxylic acids is 1. The van der Waals surface area contributed by atoms with E-state index in [1.165, 1.54) is 11.3 Å². The van der Waals surface area contributed by atoms with Gasteiger partial charge in [0.1, 0.15) is 10.7 Å². The predicted molar refractivity (Wildman–Crippen MR) is 63.8 cm³/mol. The minimum absolute atomic E-state index is 0.146. The topological polar surface area (TPSA) is 105 Å². The van der Waals surface area contributed by atoms with Gasteiger partial charge in [-0.2, -0.15) is 0 Å². The molecule has 1 heterocycles. The molecule has 0 atom stereocenters. The first-order valence-corrected chi connectivity index (χ1v) is 5.91.